The van der Waals surface area contributed by atoms with Crippen molar-refractivity contribution in [1.29, 1.82) is 0 Å². The van der Waals surface area contributed by atoms with Crippen molar-refractivity contribution >= 4 is 47.4 Å². The predicted octanol–water partition coefficient (Wildman–Crippen LogP) is 3.75. The van der Waals surface area contributed by atoms with Gasteiger partial charge in [0.1, 0.15) is 0 Å². The van der Waals surface area contributed by atoms with Crippen molar-refractivity contribution in [2.75, 3.05) is 13.2 Å². The van der Waals surface area contributed by atoms with Crippen LogP contribution in [0, 0.1) is 0 Å². The molecule has 1 aliphatic carbocycles. The van der Waals surface area contributed by atoms with Crippen molar-refractivity contribution in [2.24, 2.45) is 5.73 Å². The topological polar surface area (TPSA) is 38.5 Å². The Hall–Kier alpha value is 1.19. The quantitative estimate of drug-likeness (QED) is 0.412. The first-order chi connectivity index (χ1) is 8.70. The van der Waals surface area contributed by atoms with Crippen LogP contribution in [0.2, 0.25) is 0 Å². The van der Waals surface area contributed by atoms with E-state index in [1.165, 1.54) is 38.6 Å². The summed E-state index contributed by atoms with van der Waals surface area (Å²) in [6, 6.07) is 1.20. The molecule has 1 aliphatic heterocycles. The lowest BCUT2D eigenvalue weighted by Gasteiger charge is -2.43. The van der Waals surface area contributed by atoms with Crippen LogP contribution in [0.4, 0.5) is 0 Å². The second-order valence-electron chi connectivity index (χ2n) is 5.76. The number of alkyl halides is 1. The van der Waals surface area contributed by atoms with Crippen LogP contribution < -0.4 is 5.73 Å². The van der Waals surface area contributed by atoms with Gasteiger partial charge in [-0.1, -0.05) is 29.5 Å². The zero-order valence-electron chi connectivity index (χ0n) is 12.3. The molecule has 2 N–H and O–H groups in total. The SMILES string of the molecule is CCCOC1CCC(N2CCC(N)CC2I)CC1.Cl.Cl. The van der Waals surface area contributed by atoms with E-state index in [1.54, 1.807) is 0 Å². The molecular formula is C14H29Cl2IN2O. The molecule has 3 nitrogen and oxygen atoms in total. The molecule has 2 fully saturated rings. The van der Waals surface area contributed by atoms with E-state index >= 15 is 0 Å². The maximum atomic E-state index is 6.04. The summed E-state index contributed by atoms with van der Waals surface area (Å²) in [7, 11) is 0. The Morgan fingerprint density at radius 1 is 1.15 bits per heavy atom. The standard InChI is InChI=1S/C14H27IN2O.2ClH/c1-2-9-18-13-5-3-12(4-6-13)17-8-7-11(16)10-14(17)15;;/h11-14H,2-10,16H2,1H3;2*1H. The maximum absolute atomic E-state index is 6.04. The van der Waals surface area contributed by atoms with Gasteiger partial charge in [-0.3, -0.25) is 4.90 Å². The van der Waals surface area contributed by atoms with E-state index < -0.39 is 0 Å². The van der Waals surface area contributed by atoms with E-state index in [0.717, 1.165) is 25.5 Å². The van der Waals surface area contributed by atoms with E-state index in [-0.39, 0.29) is 24.8 Å². The summed E-state index contributed by atoms with van der Waals surface area (Å²) in [6.45, 7) is 4.31. The van der Waals surface area contributed by atoms with Crippen molar-refractivity contribution in [3.05, 3.63) is 0 Å². The van der Waals surface area contributed by atoms with E-state index in [4.69, 9.17) is 10.5 Å². The molecular weight excluding hydrogens is 410 g/mol. The molecule has 2 rings (SSSR count). The van der Waals surface area contributed by atoms with Crippen LogP contribution in [0.3, 0.4) is 0 Å². The number of halogens is 3. The molecule has 0 radical (unpaired) electrons. The van der Waals surface area contributed by atoms with Gasteiger partial charge in [0.05, 0.1) is 10.2 Å². The number of likely N-dealkylation sites (tertiary alicyclic amines) is 1. The molecule has 6 heteroatoms. The monoisotopic (exact) mass is 438 g/mol. The van der Waals surface area contributed by atoms with Crippen LogP contribution >= 0.6 is 47.4 Å². The lowest BCUT2D eigenvalue weighted by Crippen LogP contribution is -2.50. The summed E-state index contributed by atoms with van der Waals surface area (Å²) in [5, 5.41) is 0. The molecule has 2 aliphatic rings. The van der Waals surface area contributed by atoms with Gasteiger partial charge >= 0.3 is 0 Å². The van der Waals surface area contributed by atoms with Crippen LogP contribution in [0.25, 0.3) is 0 Å². The summed E-state index contributed by atoms with van der Waals surface area (Å²) < 4.78 is 6.51. The first-order valence-electron chi connectivity index (χ1n) is 7.47. The molecule has 2 unspecified atom stereocenters. The minimum Gasteiger partial charge on any atom is -0.378 e. The molecule has 0 aromatic rings. The van der Waals surface area contributed by atoms with Crippen molar-refractivity contribution in [3.8, 4) is 0 Å². The molecule has 2 atom stereocenters. The Balaban J connectivity index is 0.00000180. The number of nitrogens with two attached hydrogens (primary N) is 1. The summed E-state index contributed by atoms with van der Waals surface area (Å²) >= 11 is 2.58. The van der Waals surface area contributed by atoms with Crippen LogP contribution in [-0.2, 0) is 4.74 Å². The van der Waals surface area contributed by atoms with Gasteiger partial charge in [0.15, 0.2) is 0 Å². The number of nitrogens with zero attached hydrogens (tertiary/aromatic N) is 1. The molecule has 1 heterocycles. The van der Waals surface area contributed by atoms with Crippen molar-refractivity contribution in [1.82, 2.24) is 4.90 Å². The first kappa shape index (κ1) is 21.2. The van der Waals surface area contributed by atoms with Crippen LogP contribution in [0.5, 0.6) is 0 Å². The number of ether oxygens (including phenoxy) is 1. The molecule has 0 amide bonds. The fraction of sp³-hybridized carbons (Fsp3) is 1.00. The van der Waals surface area contributed by atoms with E-state index in [0.29, 0.717) is 16.2 Å². The summed E-state index contributed by atoms with van der Waals surface area (Å²) in [4.78, 5) is 2.69. The van der Waals surface area contributed by atoms with Crippen molar-refractivity contribution in [3.63, 3.8) is 0 Å². The first-order valence-corrected chi connectivity index (χ1v) is 8.72. The third-order valence-electron chi connectivity index (χ3n) is 4.29. The Morgan fingerprint density at radius 3 is 2.35 bits per heavy atom. The third-order valence-corrected chi connectivity index (χ3v) is 5.51. The number of hydrogen-bond donors (Lipinski definition) is 1. The second-order valence-corrected chi connectivity index (χ2v) is 7.20. The molecule has 122 valence electrons. The zero-order valence-corrected chi connectivity index (χ0v) is 16.1. The van der Waals surface area contributed by atoms with Crippen LogP contribution in [-0.4, -0.2) is 40.3 Å². The van der Waals surface area contributed by atoms with Crippen LogP contribution in [0.1, 0.15) is 51.9 Å². The number of rotatable bonds is 4. The maximum Gasteiger partial charge on any atom is 0.0635 e. The highest BCUT2D eigenvalue weighted by molar-refractivity contribution is 14.1. The Morgan fingerprint density at radius 2 is 1.80 bits per heavy atom. The smallest absolute Gasteiger partial charge is 0.0635 e. The Labute approximate surface area is 149 Å². The minimum absolute atomic E-state index is 0. The summed E-state index contributed by atoms with van der Waals surface area (Å²) in [5.41, 5.74) is 6.04. The molecule has 0 spiro atoms. The van der Waals surface area contributed by atoms with E-state index in [9.17, 15) is 0 Å². The van der Waals surface area contributed by atoms with Gasteiger partial charge in [-0.2, -0.15) is 0 Å². The average molecular weight is 439 g/mol. The van der Waals surface area contributed by atoms with Gasteiger partial charge in [0, 0.05) is 25.2 Å². The zero-order chi connectivity index (χ0) is 13.0. The summed E-state index contributed by atoms with van der Waals surface area (Å²) in [5.74, 6) is 0. The van der Waals surface area contributed by atoms with Gasteiger partial charge < -0.3 is 10.5 Å². The molecule has 0 aromatic carbocycles. The second kappa shape index (κ2) is 10.8. The molecule has 20 heavy (non-hydrogen) atoms. The Bertz CT molecular complexity index is 253. The van der Waals surface area contributed by atoms with Crippen molar-refractivity contribution in [2.45, 2.75) is 74.1 Å². The summed E-state index contributed by atoms with van der Waals surface area (Å²) in [6.07, 6.45) is 9.11. The number of hydrogen-bond acceptors (Lipinski definition) is 3. The van der Waals surface area contributed by atoms with Gasteiger partial charge in [0.2, 0.25) is 0 Å². The number of piperidine rings is 1. The van der Waals surface area contributed by atoms with Crippen LogP contribution in [0.15, 0.2) is 0 Å². The molecule has 0 bridgehead atoms. The predicted molar refractivity (Wildman–Crippen MR) is 98.5 cm³/mol. The fourth-order valence-electron chi connectivity index (χ4n) is 3.20. The normalized spacial score (nSPS) is 35.0. The largest absolute Gasteiger partial charge is 0.378 e. The van der Waals surface area contributed by atoms with Gasteiger partial charge in [-0.25, -0.2) is 0 Å². The van der Waals surface area contributed by atoms with Gasteiger partial charge in [0.25, 0.3) is 0 Å². The molecule has 1 saturated carbocycles. The highest BCUT2D eigenvalue weighted by Crippen LogP contribution is 2.31. The fourth-order valence-corrected chi connectivity index (χ4v) is 4.58. The van der Waals surface area contributed by atoms with Crippen molar-refractivity contribution < 1.29 is 4.74 Å². The van der Waals surface area contributed by atoms with E-state index in [2.05, 4.69) is 34.4 Å². The van der Waals surface area contributed by atoms with Gasteiger partial charge in [-0.05, 0) is 44.9 Å². The van der Waals surface area contributed by atoms with Gasteiger partial charge in [-0.15, -0.1) is 24.8 Å². The Kier molecular flexibility index (Phi) is 11.5. The highest BCUT2D eigenvalue weighted by Gasteiger charge is 2.32. The van der Waals surface area contributed by atoms with E-state index in [1.807, 2.05) is 0 Å². The minimum atomic E-state index is 0. The lowest BCUT2D eigenvalue weighted by atomic mass is 9.90. The third kappa shape index (κ3) is 6.13. The molecule has 1 saturated heterocycles. The highest BCUT2D eigenvalue weighted by atomic mass is 127. The lowest BCUT2D eigenvalue weighted by molar-refractivity contribution is 0.00250. The average Bonchev–Trinajstić information content (AvgIpc) is 2.37. The molecule has 0 aromatic heterocycles.